The molecule has 5 heteroatoms. The van der Waals surface area contributed by atoms with Gasteiger partial charge in [0.05, 0.1) is 12.1 Å². The van der Waals surface area contributed by atoms with E-state index in [1.165, 1.54) is 6.42 Å². The zero-order chi connectivity index (χ0) is 13.1. The molecular formula is C14H18N4O. The monoisotopic (exact) mass is 258 g/mol. The number of hydrogen-bond acceptors (Lipinski definition) is 5. The molecule has 0 aliphatic carbocycles. The molecule has 19 heavy (non-hydrogen) atoms. The number of fused-ring (bicyclic) bond motifs is 1. The summed E-state index contributed by atoms with van der Waals surface area (Å²) in [5.74, 6) is 1.41. The third-order valence-electron chi connectivity index (χ3n) is 3.47. The second kappa shape index (κ2) is 5.40. The van der Waals surface area contributed by atoms with Crippen LogP contribution in [0.1, 0.15) is 12.8 Å². The molecule has 0 amide bonds. The van der Waals surface area contributed by atoms with Crippen molar-refractivity contribution in [3.63, 3.8) is 0 Å². The molecule has 1 aromatic carbocycles. The molecule has 0 spiro atoms. The quantitative estimate of drug-likeness (QED) is 0.824. The van der Waals surface area contributed by atoms with Crippen LogP contribution >= 0.6 is 0 Å². The van der Waals surface area contributed by atoms with Crippen LogP contribution in [0.5, 0.6) is 0 Å². The molecule has 2 aromatic rings. The summed E-state index contributed by atoms with van der Waals surface area (Å²) in [6, 6.07) is 5.68. The van der Waals surface area contributed by atoms with Gasteiger partial charge in [-0.1, -0.05) is 0 Å². The van der Waals surface area contributed by atoms with Crippen LogP contribution in [0.15, 0.2) is 24.5 Å². The molecular weight excluding hydrogens is 240 g/mol. The van der Waals surface area contributed by atoms with Crippen molar-refractivity contribution in [1.82, 2.24) is 9.97 Å². The highest BCUT2D eigenvalue weighted by Gasteiger charge is 2.14. The van der Waals surface area contributed by atoms with Crippen molar-refractivity contribution in [3.05, 3.63) is 24.5 Å². The Morgan fingerprint density at radius 1 is 1.37 bits per heavy atom. The molecule has 1 aliphatic rings. The number of anilines is 2. The van der Waals surface area contributed by atoms with Gasteiger partial charge in [-0.05, 0) is 37.0 Å². The summed E-state index contributed by atoms with van der Waals surface area (Å²) in [7, 11) is 0. The van der Waals surface area contributed by atoms with Crippen LogP contribution in [0.4, 0.5) is 11.5 Å². The van der Waals surface area contributed by atoms with Gasteiger partial charge in [0.15, 0.2) is 0 Å². The Morgan fingerprint density at radius 2 is 2.32 bits per heavy atom. The number of benzene rings is 1. The molecule has 3 rings (SSSR count). The molecule has 1 fully saturated rings. The van der Waals surface area contributed by atoms with E-state index in [0.717, 1.165) is 48.6 Å². The maximum atomic E-state index is 5.83. The first-order valence-electron chi connectivity index (χ1n) is 6.65. The molecule has 1 aliphatic heterocycles. The van der Waals surface area contributed by atoms with E-state index in [2.05, 4.69) is 15.3 Å². The number of ether oxygens (including phenoxy) is 1. The Labute approximate surface area is 112 Å². The lowest BCUT2D eigenvalue weighted by Gasteiger charge is -2.22. The molecule has 100 valence electrons. The second-order valence-electron chi connectivity index (χ2n) is 4.96. The van der Waals surface area contributed by atoms with Crippen molar-refractivity contribution in [1.29, 1.82) is 0 Å². The summed E-state index contributed by atoms with van der Waals surface area (Å²) in [6.07, 6.45) is 3.93. The van der Waals surface area contributed by atoms with Crippen molar-refractivity contribution in [2.45, 2.75) is 12.8 Å². The lowest BCUT2D eigenvalue weighted by atomic mass is 10.0. The standard InChI is InChI=1S/C14H18N4O/c15-11-3-4-13-12(6-11)14(18-9-17-13)16-7-10-2-1-5-19-8-10/h3-4,6,9-10H,1-2,5,7-8,15H2,(H,16,17,18). The molecule has 3 N–H and O–H groups in total. The maximum absolute atomic E-state index is 5.83. The molecule has 5 nitrogen and oxygen atoms in total. The van der Waals surface area contributed by atoms with Gasteiger partial charge in [-0.3, -0.25) is 0 Å². The third-order valence-corrected chi connectivity index (χ3v) is 3.47. The van der Waals surface area contributed by atoms with Crippen molar-refractivity contribution < 1.29 is 4.74 Å². The van der Waals surface area contributed by atoms with Gasteiger partial charge in [0.1, 0.15) is 12.1 Å². The van der Waals surface area contributed by atoms with Crippen LogP contribution in [0.3, 0.4) is 0 Å². The third kappa shape index (κ3) is 2.76. The largest absolute Gasteiger partial charge is 0.399 e. The summed E-state index contributed by atoms with van der Waals surface area (Å²) < 4.78 is 5.48. The minimum Gasteiger partial charge on any atom is -0.399 e. The van der Waals surface area contributed by atoms with Gasteiger partial charge < -0.3 is 15.8 Å². The predicted octanol–water partition coefficient (Wildman–Crippen LogP) is 2.05. The smallest absolute Gasteiger partial charge is 0.137 e. The Morgan fingerprint density at radius 3 is 3.16 bits per heavy atom. The minimum atomic E-state index is 0.555. The van der Waals surface area contributed by atoms with Gasteiger partial charge in [0, 0.05) is 24.2 Å². The van der Waals surface area contributed by atoms with Gasteiger partial charge in [-0.2, -0.15) is 0 Å². The minimum absolute atomic E-state index is 0.555. The van der Waals surface area contributed by atoms with Crippen LogP contribution in [0.25, 0.3) is 10.9 Å². The summed E-state index contributed by atoms with van der Waals surface area (Å²) in [5.41, 5.74) is 7.47. The fourth-order valence-corrected chi connectivity index (χ4v) is 2.42. The average molecular weight is 258 g/mol. The first kappa shape index (κ1) is 12.2. The molecule has 1 saturated heterocycles. The first-order chi connectivity index (χ1) is 9.33. The summed E-state index contributed by atoms with van der Waals surface area (Å²) in [4.78, 5) is 8.56. The first-order valence-corrected chi connectivity index (χ1v) is 6.65. The number of aromatic nitrogens is 2. The number of hydrogen-bond donors (Lipinski definition) is 2. The summed E-state index contributed by atoms with van der Waals surface area (Å²) in [6.45, 7) is 2.60. The SMILES string of the molecule is Nc1ccc2ncnc(NCC3CCCOC3)c2c1. The summed E-state index contributed by atoms with van der Waals surface area (Å²) >= 11 is 0. The number of nitrogens with two attached hydrogens (primary N) is 1. The van der Waals surface area contributed by atoms with Gasteiger partial charge in [-0.25, -0.2) is 9.97 Å². The highest BCUT2D eigenvalue weighted by atomic mass is 16.5. The van der Waals surface area contributed by atoms with Crippen molar-refractivity contribution >= 4 is 22.4 Å². The van der Waals surface area contributed by atoms with Crippen LogP contribution < -0.4 is 11.1 Å². The van der Waals surface area contributed by atoms with E-state index in [1.54, 1.807) is 6.33 Å². The number of rotatable bonds is 3. The molecule has 0 radical (unpaired) electrons. The molecule has 0 saturated carbocycles. The number of nitrogen functional groups attached to an aromatic ring is 1. The number of nitrogens with one attached hydrogen (secondary N) is 1. The lowest BCUT2D eigenvalue weighted by Crippen LogP contribution is -2.24. The van der Waals surface area contributed by atoms with Gasteiger partial charge >= 0.3 is 0 Å². The Balaban J connectivity index is 1.78. The molecule has 1 unspecified atom stereocenters. The van der Waals surface area contributed by atoms with E-state index < -0.39 is 0 Å². The van der Waals surface area contributed by atoms with Crippen LogP contribution in [0, 0.1) is 5.92 Å². The summed E-state index contributed by atoms with van der Waals surface area (Å²) in [5, 5.41) is 4.37. The zero-order valence-electron chi connectivity index (χ0n) is 10.8. The van der Waals surface area contributed by atoms with E-state index in [-0.39, 0.29) is 0 Å². The van der Waals surface area contributed by atoms with Crippen molar-refractivity contribution in [2.75, 3.05) is 30.8 Å². The zero-order valence-corrected chi connectivity index (χ0v) is 10.8. The van der Waals surface area contributed by atoms with E-state index in [0.29, 0.717) is 5.92 Å². The predicted molar refractivity (Wildman–Crippen MR) is 76.0 cm³/mol. The fourth-order valence-electron chi connectivity index (χ4n) is 2.42. The Bertz CT molecular complexity index is 566. The molecule has 1 aromatic heterocycles. The maximum Gasteiger partial charge on any atom is 0.137 e. The van der Waals surface area contributed by atoms with Crippen LogP contribution in [0.2, 0.25) is 0 Å². The molecule has 1 atom stereocenters. The molecule has 2 heterocycles. The van der Waals surface area contributed by atoms with Gasteiger partial charge in [0.2, 0.25) is 0 Å². The van der Waals surface area contributed by atoms with Crippen molar-refractivity contribution in [2.24, 2.45) is 5.92 Å². The van der Waals surface area contributed by atoms with Crippen LogP contribution in [-0.4, -0.2) is 29.7 Å². The second-order valence-corrected chi connectivity index (χ2v) is 4.96. The van der Waals surface area contributed by atoms with E-state index in [1.807, 2.05) is 18.2 Å². The normalized spacial score (nSPS) is 19.5. The number of nitrogens with zero attached hydrogens (tertiary/aromatic N) is 2. The van der Waals surface area contributed by atoms with E-state index in [9.17, 15) is 0 Å². The highest BCUT2D eigenvalue weighted by molar-refractivity contribution is 5.91. The fraction of sp³-hybridized carbons (Fsp3) is 0.429. The van der Waals surface area contributed by atoms with Gasteiger partial charge in [0.25, 0.3) is 0 Å². The highest BCUT2D eigenvalue weighted by Crippen LogP contribution is 2.22. The van der Waals surface area contributed by atoms with E-state index >= 15 is 0 Å². The van der Waals surface area contributed by atoms with Crippen LogP contribution in [-0.2, 0) is 4.74 Å². The molecule has 0 bridgehead atoms. The van der Waals surface area contributed by atoms with E-state index in [4.69, 9.17) is 10.5 Å². The van der Waals surface area contributed by atoms with Gasteiger partial charge in [-0.15, -0.1) is 0 Å². The average Bonchev–Trinajstić information content (AvgIpc) is 2.46. The van der Waals surface area contributed by atoms with Crippen molar-refractivity contribution in [3.8, 4) is 0 Å². The Kier molecular flexibility index (Phi) is 3.46. The topological polar surface area (TPSA) is 73.1 Å². The lowest BCUT2D eigenvalue weighted by molar-refractivity contribution is 0.0595. The Hall–Kier alpha value is -1.88.